The zero-order valence-electron chi connectivity index (χ0n) is 14.5. The van der Waals surface area contributed by atoms with E-state index in [0.29, 0.717) is 44.4 Å². The molecule has 1 aliphatic rings. The molecule has 1 heterocycles. The number of sulfonamides is 1. The topological polar surface area (TPSA) is 58.6 Å². The average molecular weight is 395 g/mol. The number of halogens is 1. The van der Waals surface area contributed by atoms with Gasteiger partial charge in [0.2, 0.25) is 10.0 Å². The Labute approximate surface area is 160 Å². The number of hydrogen-bond donors (Lipinski definition) is 1. The molecule has 0 atom stereocenters. The molecule has 0 amide bonds. The van der Waals surface area contributed by atoms with E-state index in [2.05, 4.69) is 5.32 Å². The maximum atomic E-state index is 12.7. The van der Waals surface area contributed by atoms with Crippen LogP contribution in [-0.2, 0) is 33.6 Å². The van der Waals surface area contributed by atoms with E-state index >= 15 is 0 Å². The largest absolute Gasteiger partial charge is 0.379 e. The lowest BCUT2D eigenvalue weighted by Crippen LogP contribution is -2.41. The van der Waals surface area contributed by atoms with Crippen LogP contribution in [0.15, 0.2) is 48.5 Å². The molecule has 1 aliphatic heterocycles. The predicted octanol–water partition coefficient (Wildman–Crippen LogP) is 2.79. The smallest absolute Gasteiger partial charge is 0.218 e. The fourth-order valence-electron chi connectivity index (χ4n) is 2.97. The molecule has 7 heteroatoms. The highest BCUT2D eigenvalue weighted by atomic mass is 35.5. The highest BCUT2D eigenvalue weighted by Gasteiger charge is 2.25. The van der Waals surface area contributed by atoms with Crippen LogP contribution < -0.4 is 5.32 Å². The van der Waals surface area contributed by atoms with Crippen molar-refractivity contribution >= 4 is 21.6 Å². The number of nitrogens with one attached hydrogen (secondary N) is 1. The van der Waals surface area contributed by atoms with E-state index in [9.17, 15) is 8.42 Å². The molecule has 26 heavy (non-hydrogen) atoms. The van der Waals surface area contributed by atoms with Gasteiger partial charge in [-0.1, -0.05) is 48.0 Å². The van der Waals surface area contributed by atoms with Crippen LogP contribution in [0.2, 0.25) is 5.02 Å². The number of benzene rings is 2. The molecular formula is C19H23ClN2O3S. The third-order valence-electron chi connectivity index (χ3n) is 4.35. The van der Waals surface area contributed by atoms with Gasteiger partial charge in [-0.3, -0.25) is 0 Å². The van der Waals surface area contributed by atoms with Crippen molar-refractivity contribution in [1.82, 2.24) is 9.62 Å². The molecule has 0 saturated carbocycles. The van der Waals surface area contributed by atoms with Gasteiger partial charge in [0, 0.05) is 31.2 Å². The first kappa shape index (κ1) is 19.3. The fourth-order valence-corrected chi connectivity index (χ4v) is 4.75. The second kappa shape index (κ2) is 8.97. The quantitative estimate of drug-likeness (QED) is 0.784. The summed E-state index contributed by atoms with van der Waals surface area (Å²) in [6.45, 7) is 3.05. The molecule has 0 spiro atoms. The fraction of sp³-hybridized carbons (Fsp3) is 0.368. The van der Waals surface area contributed by atoms with Gasteiger partial charge in [0.1, 0.15) is 0 Å². The van der Waals surface area contributed by atoms with Gasteiger partial charge < -0.3 is 10.1 Å². The Kier molecular flexibility index (Phi) is 6.67. The third kappa shape index (κ3) is 5.28. The zero-order chi connectivity index (χ0) is 18.4. The first-order valence-electron chi connectivity index (χ1n) is 8.62. The summed E-state index contributed by atoms with van der Waals surface area (Å²) < 4.78 is 32.1. The Bertz CT molecular complexity index is 836. The lowest BCUT2D eigenvalue weighted by Gasteiger charge is -2.26. The molecule has 0 unspecified atom stereocenters. The first-order valence-corrected chi connectivity index (χ1v) is 10.6. The first-order chi connectivity index (χ1) is 12.5. The average Bonchev–Trinajstić information content (AvgIpc) is 2.64. The lowest BCUT2D eigenvalue weighted by atomic mass is 10.1. The van der Waals surface area contributed by atoms with Crippen LogP contribution in [0, 0.1) is 0 Å². The molecule has 140 valence electrons. The van der Waals surface area contributed by atoms with E-state index in [-0.39, 0.29) is 5.75 Å². The molecule has 1 fully saturated rings. The van der Waals surface area contributed by atoms with Gasteiger partial charge in [-0.2, -0.15) is 4.31 Å². The number of morpholine rings is 1. The second-order valence-electron chi connectivity index (χ2n) is 6.27. The molecule has 3 rings (SSSR count). The van der Waals surface area contributed by atoms with E-state index in [4.69, 9.17) is 16.3 Å². The Morgan fingerprint density at radius 3 is 2.46 bits per heavy atom. The minimum atomic E-state index is -3.33. The highest BCUT2D eigenvalue weighted by molar-refractivity contribution is 7.88. The molecule has 1 saturated heterocycles. The molecule has 2 aromatic rings. The van der Waals surface area contributed by atoms with Crippen molar-refractivity contribution in [2.45, 2.75) is 18.8 Å². The summed E-state index contributed by atoms with van der Waals surface area (Å²) >= 11 is 6.00. The van der Waals surface area contributed by atoms with Crippen LogP contribution >= 0.6 is 11.6 Å². The second-order valence-corrected chi connectivity index (χ2v) is 8.68. The van der Waals surface area contributed by atoms with Gasteiger partial charge in [0.15, 0.2) is 0 Å². The summed E-state index contributed by atoms with van der Waals surface area (Å²) in [5, 5.41) is 4.07. The molecule has 2 aromatic carbocycles. The van der Waals surface area contributed by atoms with Gasteiger partial charge >= 0.3 is 0 Å². The Balaban J connectivity index is 1.64. The highest BCUT2D eigenvalue weighted by Crippen LogP contribution is 2.17. The number of hydrogen-bond acceptors (Lipinski definition) is 4. The number of rotatable bonds is 7. The standard InChI is InChI=1S/C19H23ClN2O3S/c20-19-7-3-4-16(12-19)13-21-14-17-5-1-2-6-18(17)15-26(23,24)22-8-10-25-11-9-22/h1-7,12,21H,8-11,13-15H2. The molecule has 0 aliphatic carbocycles. The minimum Gasteiger partial charge on any atom is -0.379 e. The number of ether oxygens (including phenoxy) is 1. The SMILES string of the molecule is O=S(=O)(Cc1ccccc1CNCc1cccc(Cl)c1)N1CCOCC1. The predicted molar refractivity (Wildman–Crippen MR) is 103 cm³/mol. The minimum absolute atomic E-state index is 0.0159. The van der Waals surface area contributed by atoms with E-state index in [1.54, 1.807) is 0 Å². The van der Waals surface area contributed by atoms with Crippen LogP contribution in [0.25, 0.3) is 0 Å². The summed E-state index contributed by atoms with van der Waals surface area (Å²) in [5.74, 6) is 0.0159. The van der Waals surface area contributed by atoms with E-state index in [0.717, 1.165) is 16.7 Å². The van der Waals surface area contributed by atoms with Crippen molar-refractivity contribution in [3.05, 3.63) is 70.2 Å². The summed E-state index contributed by atoms with van der Waals surface area (Å²) in [6.07, 6.45) is 0. The maximum absolute atomic E-state index is 12.7. The van der Waals surface area contributed by atoms with Crippen molar-refractivity contribution in [1.29, 1.82) is 0 Å². The van der Waals surface area contributed by atoms with E-state index in [1.165, 1.54) is 4.31 Å². The van der Waals surface area contributed by atoms with Crippen LogP contribution in [0.1, 0.15) is 16.7 Å². The van der Waals surface area contributed by atoms with E-state index < -0.39 is 10.0 Å². The Morgan fingerprint density at radius 1 is 1.00 bits per heavy atom. The molecular weight excluding hydrogens is 372 g/mol. The Morgan fingerprint density at radius 2 is 1.73 bits per heavy atom. The summed E-state index contributed by atoms with van der Waals surface area (Å²) in [5.41, 5.74) is 2.92. The van der Waals surface area contributed by atoms with Gasteiger partial charge in [0.05, 0.1) is 19.0 Å². The number of nitrogens with zero attached hydrogens (tertiary/aromatic N) is 1. The molecule has 1 N–H and O–H groups in total. The molecule has 5 nitrogen and oxygen atoms in total. The van der Waals surface area contributed by atoms with Crippen LogP contribution in [-0.4, -0.2) is 39.0 Å². The van der Waals surface area contributed by atoms with Crippen molar-refractivity contribution in [3.63, 3.8) is 0 Å². The van der Waals surface area contributed by atoms with Crippen LogP contribution in [0.3, 0.4) is 0 Å². The lowest BCUT2D eigenvalue weighted by molar-refractivity contribution is 0.0729. The van der Waals surface area contributed by atoms with Crippen molar-refractivity contribution in [2.24, 2.45) is 0 Å². The third-order valence-corrected chi connectivity index (χ3v) is 6.42. The molecule has 0 bridgehead atoms. The van der Waals surface area contributed by atoms with E-state index in [1.807, 2.05) is 48.5 Å². The zero-order valence-corrected chi connectivity index (χ0v) is 16.1. The van der Waals surface area contributed by atoms with Gasteiger partial charge in [0.25, 0.3) is 0 Å². The molecule has 0 radical (unpaired) electrons. The molecule has 0 aromatic heterocycles. The monoisotopic (exact) mass is 394 g/mol. The van der Waals surface area contributed by atoms with Crippen LogP contribution in [0.4, 0.5) is 0 Å². The summed E-state index contributed by atoms with van der Waals surface area (Å²) in [4.78, 5) is 0. The van der Waals surface area contributed by atoms with Gasteiger partial charge in [-0.05, 0) is 28.8 Å². The maximum Gasteiger partial charge on any atom is 0.218 e. The van der Waals surface area contributed by atoms with Gasteiger partial charge in [-0.15, -0.1) is 0 Å². The van der Waals surface area contributed by atoms with Crippen molar-refractivity contribution < 1.29 is 13.2 Å². The van der Waals surface area contributed by atoms with Gasteiger partial charge in [-0.25, -0.2) is 8.42 Å². The van der Waals surface area contributed by atoms with Crippen molar-refractivity contribution in [2.75, 3.05) is 26.3 Å². The van der Waals surface area contributed by atoms with Crippen molar-refractivity contribution in [3.8, 4) is 0 Å². The normalized spacial score (nSPS) is 15.9. The summed E-state index contributed by atoms with van der Waals surface area (Å²) in [6, 6.07) is 15.4. The Hall–Kier alpha value is -1.44. The van der Waals surface area contributed by atoms with Crippen LogP contribution in [0.5, 0.6) is 0 Å². The summed E-state index contributed by atoms with van der Waals surface area (Å²) in [7, 11) is -3.33.